The van der Waals surface area contributed by atoms with Gasteiger partial charge in [0.25, 0.3) is 5.91 Å². The summed E-state index contributed by atoms with van der Waals surface area (Å²) in [5, 5.41) is 32.2. The number of anilines is 1. The number of rotatable bonds is 4. The van der Waals surface area contributed by atoms with E-state index in [0.717, 1.165) is 23.5 Å². The van der Waals surface area contributed by atoms with E-state index in [2.05, 4.69) is 10.3 Å². The SMILES string of the molecule is N#C/C(=C/c1ccc(O)c(O)c1)C(=O)Nc1nc(-c2ccc(C(F)(F)F)cc2)cs1. The molecule has 6 nitrogen and oxygen atoms in total. The fourth-order valence-electron chi connectivity index (χ4n) is 2.40. The molecule has 0 fully saturated rings. The molecular weight excluding hydrogens is 419 g/mol. The Kier molecular flexibility index (Phi) is 5.75. The van der Waals surface area contributed by atoms with E-state index in [-0.39, 0.29) is 16.5 Å². The van der Waals surface area contributed by atoms with Crippen molar-refractivity contribution in [2.24, 2.45) is 0 Å². The highest BCUT2D eigenvalue weighted by molar-refractivity contribution is 7.14. The number of hydrogen-bond donors (Lipinski definition) is 3. The minimum Gasteiger partial charge on any atom is -0.504 e. The van der Waals surface area contributed by atoms with Gasteiger partial charge in [0.15, 0.2) is 16.6 Å². The second-order valence-corrected chi connectivity index (χ2v) is 6.84. The Hall–Kier alpha value is -3.84. The third-order valence-corrected chi connectivity index (χ3v) is 4.67. The molecule has 1 aromatic heterocycles. The van der Waals surface area contributed by atoms with Gasteiger partial charge in [-0.05, 0) is 35.9 Å². The molecule has 0 spiro atoms. The quantitative estimate of drug-likeness (QED) is 0.313. The molecule has 0 aliphatic carbocycles. The minimum atomic E-state index is -4.44. The number of alkyl halides is 3. The number of benzene rings is 2. The number of phenols is 2. The van der Waals surface area contributed by atoms with Crippen molar-refractivity contribution in [3.05, 3.63) is 64.5 Å². The lowest BCUT2D eigenvalue weighted by molar-refractivity contribution is -0.137. The molecule has 0 bridgehead atoms. The van der Waals surface area contributed by atoms with Crippen LogP contribution >= 0.6 is 11.3 Å². The first-order valence-electron chi connectivity index (χ1n) is 8.25. The Morgan fingerprint density at radius 1 is 1.13 bits per heavy atom. The summed E-state index contributed by atoms with van der Waals surface area (Å²) in [5.41, 5.74) is 0.0809. The fraction of sp³-hybridized carbons (Fsp3) is 0.0500. The zero-order valence-corrected chi connectivity index (χ0v) is 15.8. The highest BCUT2D eigenvalue weighted by Gasteiger charge is 2.30. The van der Waals surface area contributed by atoms with Crippen molar-refractivity contribution in [3.63, 3.8) is 0 Å². The molecule has 2 aromatic carbocycles. The smallest absolute Gasteiger partial charge is 0.416 e. The van der Waals surface area contributed by atoms with Gasteiger partial charge in [0, 0.05) is 10.9 Å². The van der Waals surface area contributed by atoms with E-state index < -0.39 is 23.4 Å². The van der Waals surface area contributed by atoms with Crippen LogP contribution in [-0.2, 0) is 11.0 Å². The van der Waals surface area contributed by atoms with E-state index in [9.17, 15) is 33.4 Å². The van der Waals surface area contributed by atoms with Crippen LogP contribution in [0, 0.1) is 11.3 Å². The summed E-state index contributed by atoms with van der Waals surface area (Å²) < 4.78 is 38.0. The maximum Gasteiger partial charge on any atom is 0.416 e. The van der Waals surface area contributed by atoms with Crippen molar-refractivity contribution in [2.75, 3.05) is 5.32 Å². The van der Waals surface area contributed by atoms with Gasteiger partial charge in [0.1, 0.15) is 11.6 Å². The largest absolute Gasteiger partial charge is 0.504 e. The molecule has 3 N–H and O–H groups in total. The Morgan fingerprint density at radius 3 is 2.43 bits per heavy atom. The topological polar surface area (TPSA) is 106 Å². The van der Waals surface area contributed by atoms with Gasteiger partial charge < -0.3 is 10.2 Å². The molecule has 0 aliphatic rings. The number of halogens is 3. The summed E-state index contributed by atoms with van der Waals surface area (Å²) in [7, 11) is 0. The number of phenolic OH excluding ortho intramolecular Hbond substituents is 2. The predicted molar refractivity (Wildman–Crippen MR) is 105 cm³/mol. The average Bonchev–Trinajstić information content (AvgIpc) is 3.16. The molecule has 1 heterocycles. The number of thiazole rings is 1. The van der Waals surface area contributed by atoms with E-state index in [4.69, 9.17) is 0 Å². The summed E-state index contributed by atoms with van der Waals surface area (Å²) in [5.74, 6) is -1.49. The van der Waals surface area contributed by atoms with Gasteiger partial charge in [-0.15, -0.1) is 11.3 Å². The molecule has 0 saturated heterocycles. The van der Waals surface area contributed by atoms with Crippen molar-refractivity contribution in [2.45, 2.75) is 6.18 Å². The number of amides is 1. The molecule has 10 heteroatoms. The molecular formula is C20H12F3N3O3S. The summed E-state index contributed by atoms with van der Waals surface area (Å²) in [4.78, 5) is 16.5. The van der Waals surface area contributed by atoms with Crippen LogP contribution in [0.15, 0.2) is 53.4 Å². The van der Waals surface area contributed by atoms with Crippen LogP contribution in [0.1, 0.15) is 11.1 Å². The van der Waals surface area contributed by atoms with E-state index in [1.165, 1.54) is 36.4 Å². The lowest BCUT2D eigenvalue weighted by atomic mass is 10.1. The van der Waals surface area contributed by atoms with Crippen molar-refractivity contribution < 1.29 is 28.2 Å². The molecule has 0 atom stereocenters. The standard InChI is InChI=1S/C20H12F3N3O3S/c21-20(22,23)14-4-2-12(3-5-14)15-10-30-19(25-15)26-18(29)13(9-24)7-11-1-6-16(27)17(28)8-11/h1-8,10,27-28H,(H,25,26,29)/b13-7-. The molecule has 0 radical (unpaired) electrons. The maximum atomic E-state index is 12.7. The number of carbonyl (C=O) groups is 1. The number of aromatic hydroxyl groups is 2. The van der Waals surface area contributed by atoms with E-state index in [1.807, 2.05) is 0 Å². The molecule has 30 heavy (non-hydrogen) atoms. The predicted octanol–water partition coefficient (Wildman–Crippen LogP) is 4.79. The molecule has 0 aliphatic heterocycles. The molecule has 1 amide bonds. The number of hydrogen-bond acceptors (Lipinski definition) is 6. The molecule has 0 saturated carbocycles. The first-order valence-corrected chi connectivity index (χ1v) is 9.13. The third-order valence-electron chi connectivity index (χ3n) is 3.91. The summed E-state index contributed by atoms with van der Waals surface area (Å²) >= 11 is 1.05. The van der Waals surface area contributed by atoms with Gasteiger partial charge in [-0.2, -0.15) is 18.4 Å². The summed E-state index contributed by atoms with van der Waals surface area (Å²) in [6, 6.07) is 9.99. The second-order valence-electron chi connectivity index (χ2n) is 5.99. The van der Waals surface area contributed by atoms with Gasteiger partial charge in [-0.25, -0.2) is 4.98 Å². The minimum absolute atomic E-state index is 0.157. The first kappa shape index (κ1) is 20.9. The van der Waals surface area contributed by atoms with Crippen molar-refractivity contribution >= 4 is 28.5 Å². The second kappa shape index (κ2) is 8.26. The van der Waals surface area contributed by atoms with Gasteiger partial charge in [-0.3, -0.25) is 10.1 Å². The molecule has 0 unspecified atom stereocenters. The lowest BCUT2D eigenvalue weighted by Crippen LogP contribution is -2.13. The van der Waals surface area contributed by atoms with Crippen molar-refractivity contribution in [1.82, 2.24) is 4.98 Å². The van der Waals surface area contributed by atoms with Crippen LogP contribution in [0.3, 0.4) is 0 Å². The van der Waals surface area contributed by atoms with Crippen LogP contribution in [0.25, 0.3) is 17.3 Å². The monoisotopic (exact) mass is 431 g/mol. The van der Waals surface area contributed by atoms with E-state index in [0.29, 0.717) is 16.8 Å². The number of aromatic nitrogens is 1. The zero-order valence-electron chi connectivity index (χ0n) is 14.9. The van der Waals surface area contributed by atoms with Crippen LogP contribution in [0.4, 0.5) is 18.3 Å². The van der Waals surface area contributed by atoms with Crippen molar-refractivity contribution in [1.29, 1.82) is 5.26 Å². The molecule has 152 valence electrons. The Bertz CT molecular complexity index is 1160. The highest BCUT2D eigenvalue weighted by Crippen LogP contribution is 2.32. The summed E-state index contributed by atoms with van der Waals surface area (Å²) in [6.45, 7) is 0. The number of nitriles is 1. The Morgan fingerprint density at radius 2 is 1.83 bits per heavy atom. The van der Waals surface area contributed by atoms with Crippen LogP contribution in [0.2, 0.25) is 0 Å². The first-order chi connectivity index (χ1) is 14.2. The lowest BCUT2D eigenvalue weighted by Gasteiger charge is -2.06. The molecule has 3 aromatic rings. The van der Waals surface area contributed by atoms with E-state index in [1.54, 1.807) is 11.4 Å². The third kappa shape index (κ3) is 4.76. The highest BCUT2D eigenvalue weighted by atomic mass is 32.1. The number of nitrogens with zero attached hydrogens (tertiary/aromatic N) is 2. The van der Waals surface area contributed by atoms with E-state index >= 15 is 0 Å². The summed E-state index contributed by atoms with van der Waals surface area (Å²) in [6.07, 6.45) is -3.22. The number of nitrogens with one attached hydrogen (secondary N) is 1. The van der Waals surface area contributed by atoms with Gasteiger partial charge in [-0.1, -0.05) is 18.2 Å². The van der Waals surface area contributed by atoms with Crippen LogP contribution in [-0.4, -0.2) is 21.1 Å². The molecule has 3 rings (SSSR count). The normalized spacial score (nSPS) is 11.7. The number of carbonyl (C=O) groups excluding carboxylic acids is 1. The maximum absolute atomic E-state index is 12.7. The fourth-order valence-corrected chi connectivity index (χ4v) is 3.12. The zero-order chi connectivity index (χ0) is 21.9. The van der Waals surface area contributed by atoms with Gasteiger partial charge in [0.05, 0.1) is 11.3 Å². The van der Waals surface area contributed by atoms with Gasteiger partial charge in [0.2, 0.25) is 0 Å². The van der Waals surface area contributed by atoms with Crippen molar-refractivity contribution in [3.8, 4) is 28.8 Å². The Balaban J connectivity index is 1.76. The van der Waals surface area contributed by atoms with Gasteiger partial charge >= 0.3 is 6.18 Å². The Labute approximate surface area is 172 Å². The van der Waals surface area contributed by atoms with Crippen LogP contribution < -0.4 is 5.32 Å². The average molecular weight is 431 g/mol. The van der Waals surface area contributed by atoms with Crippen LogP contribution in [0.5, 0.6) is 11.5 Å².